The van der Waals surface area contributed by atoms with Crippen molar-refractivity contribution in [1.82, 2.24) is 9.88 Å². The van der Waals surface area contributed by atoms with E-state index in [9.17, 15) is 4.79 Å². The molecule has 156 valence electrons. The Morgan fingerprint density at radius 1 is 1.10 bits per heavy atom. The largest absolute Gasteiger partial charge is 0.485 e. The molecule has 1 fully saturated rings. The number of hydrogen-bond acceptors (Lipinski definition) is 4. The lowest BCUT2D eigenvalue weighted by Crippen LogP contribution is -2.34. The lowest BCUT2D eigenvalue weighted by atomic mass is 10.0. The zero-order chi connectivity index (χ0) is 20.9. The van der Waals surface area contributed by atoms with Crippen LogP contribution in [-0.2, 0) is 6.61 Å². The van der Waals surface area contributed by atoms with Crippen LogP contribution in [0.1, 0.15) is 64.7 Å². The Kier molecular flexibility index (Phi) is 6.17. The first-order valence-corrected chi connectivity index (χ1v) is 10.6. The molecule has 0 N–H and O–H groups in total. The average molecular weight is 405 g/mol. The van der Waals surface area contributed by atoms with Gasteiger partial charge in [-0.15, -0.1) is 0 Å². The maximum absolute atomic E-state index is 13.3. The topological polar surface area (TPSA) is 55.6 Å². The molecule has 0 radical (unpaired) electrons. The fraction of sp³-hybridized carbons (Fsp3) is 0.360. The fourth-order valence-electron chi connectivity index (χ4n) is 4.11. The van der Waals surface area contributed by atoms with Gasteiger partial charge in [-0.2, -0.15) is 0 Å². The van der Waals surface area contributed by atoms with E-state index in [1.165, 1.54) is 5.56 Å². The van der Waals surface area contributed by atoms with Gasteiger partial charge >= 0.3 is 0 Å². The number of aromatic nitrogens is 1. The Bertz CT molecular complexity index is 997. The summed E-state index contributed by atoms with van der Waals surface area (Å²) < 4.78 is 11.8. The summed E-state index contributed by atoms with van der Waals surface area (Å²) in [5.74, 6) is 1.79. The van der Waals surface area contributed by atoms with Crippen LogP contribution in [-0.4, -0.2) is 22.3 Å². The first kappa shape index (κ1) is 20.2. The van der Waals surface area contributed by atoms with Gasteiger partial charge in [-0.25, -0.2) is 0 Å². The number of rotatable bonds is 5. The van der Waals surface area contributed by atoms with Crippen LogP contribution >= 0.6 is 0 Å². The van der Waals surface area contributed by atoms with Crippen molar-refractivity contribution < 1.29 is 13.9 Å². The van der Waals surface area contributed by atoms with E-state index in [1.807, 2.05) is 42.2 Å². The predicted octanol–water partition coefficient (Wildman–Crippen LogP) is 5.63. The monoisotopic (exact) mass is 404 g/mol. The van der Waals surface area contributed by atoms with Crippen molar-refractivity contribution in [2.75, 3.05) is 6.54 Å². The molecule has 0 saturated carbocycles. The Hall–Kier alpha value is -3.08. The van der Waals surface area contributed by atoms with Gasteiger partial charge < -0.3 is 14.1 Å². The standard InChI is InChI=1S/C25H28N2O3/c1-18-7-9-23(19(2)16-18)29-17-21-8-10-24(30-21)25(28)27-15-5-3-4-6-22(27)20-11-13-26-14-12-20/h7-14,16,22H,3-6,15,17H2,1-2H3. The van der Waals surface area contributed by atoms with Gasteiger partial charge in [-0.1, -0.05) is 30.5 Å². The van der Waals surface area contributed by atoms with Gasteiger partial charge in [0, 0.05) is 18.9 Å². The number of nitrogens with zero attached hydrogens (tertiary/aromatic N) is 2. The third-order valence-corrected chi connectivity index (χ3v) is 5.68. The van der Waals surface area contributed by atoms with E-state index in [1.54, 1.807) is 18.5 Å². The first-order chi connectivity index (χ1) is 14.6. The number of benzene rings is 1. The number of amides is 1. The molecule has 3 aromatic rings. The molecule has 3 heterocycles. The van der Waals surface area contributed by atoms with Crippen LogP contribution in [0.15, 0.2) is 59.3 Å². The van der Waals surface area contributed by atoms with Crippen molar-refractivity contribution in [3.05, 3.63) is 83.1 Å². The molecule has 5 heteroatoms. The molecule has 4 rings (SSSR count). The molecule has 1 atom stereocenters. The minimum atomic E-state index is -0.0588. The highest BCUT2D eigenvalue weighted by atomic mass is 16.5. The van der Waals surface area contributed by atoms with Crippen molar-refractivity contribution in [3.8, 4) is 5.75 Å². The van der Waals surface area contributed by atoms with E-state index in [0.717, 1.165) is 49.1 Å². The zero-order valence-electron chi connectivity index (χ0n) is 17.6. The number of ether oxygens (including phenoxy) is 1. The number of hydrogen-bond donors (Lipinski definition) is 0. The van der Waals surface area contributed by atoms with Crippen LogP contribution < -0.4 is 4.74 Å². The minimum absolute atomic E-state index is 0.0583. The van der Waals surface area contributed by atoms with Crippen LogP contribution in [0, 0.1) is 13.8 Å². The highest BCUT2D eigenvalue weighted by Crippen LogP contribution is 2.31. The third-order valence-electron chi connectivity index (χ3n) is 5.68. The average Bonchev–Trinajstić information content (AvgIpc) is 3.09. The predicted molar refractivity (Wildman–Crippen MR) is 115 cm³/mol. The van der Waals surface area contributed by atoms with E-state index < -0.39 is 0 Å². The molecule has 0 bridgehead atoms. The van der Waals surface area contributed by atoms with Crippen LogP contribution in [0.4, 0.5) is 0 Å². The summed E-state index contributed by atoms with van der Waals surface area (Å²) in [6.07, 6.45) is 7.80. The van der Waals surface area contributed by atoms with Crippen LogP contribution in [0.5, 0.6) is 5.75 Å². The Labute approximate surface area is 177 Å². The lowest BCUT2D eigenvalue weighted by Gasteiger charge is -2.29. The number of likely N-dealkylation sites (tertiary alicyclic amines) is 1. The maximum atomic E-state index is 13.3. The summed E-state index contributed by atoms with van der Waals surface area (Å²) >= 11 is 0. The second-order valence-corrected chi connectivity index (χ2v) is 7.97. The molecule has 1 aliphatic heterocycles. The molecule has 0 spiro atoms. The molecule has 1 amide bonds. The van der Waals surface area contributed by atoms with Crippen molar-refractivity contribution >= 4 is 5.91 Å². The summed E-state index contributed by atoms with van der Waals surface area (Å²) in [4.78, 5) is 19.4. The van der Waals surface area contributed by atoms with Gasteiger partial charge in [0.25, 0.3) is 5.91 Å². The van der Waals surface area contributed by atoms with E-state index in [4.69, 9.17) is 9.15 Å². The molecule has 1 unspecified atom stereocenters. The molecule has 1 aromatic carbocycles. The van der Waals surface area contributed by atoms with Crippen molar-refractivity contribution in [1.29, 1.82) is 0 Å². The Morgan fingerprint density at radius 3 is 2.73 bits per heavy atom. The van der Waals surface area contributed by atoms with E-state index in [0.29, 0.717) is 18.1 Å². The molecule has 30 heavy (non-hydrogen) atoms. The van der Waals surface area contributed by atoms with E-state index in [2.05, 4.69) is 18.0 Å². The highest BCUT2D eigenvalue weighted by Gasteiger charge is 2.29. The van der Waals surface area contributed by atoms with Gasteiger partial charge in [-0.3, -0.25) is 9.78 Å². The van der Waals surface area contributed by atoms with Crippen molar-refractivity contribution in [2.24, 2.45) is 0 Å². The SMILES string of the molecule is Cc1ccc(OCc2ccc(C(=O)N3CCCCCC3c3ccncc3)o2)c(C)c1. The Morgan fingerprint density at radius 2 is 1.93 bits per heavy atom. The highest BCUT2D eigenvalue weighted by molar-refractivity contribution is 5.91. The number of carbonyl (C=O) groups excluding carboxylic acids is 1. The molecular formula is C25H28N2O3. The quantitative estimate of drug-likeness (QED) is 0.553. The fourth-order valence-corrected chi connectivity index (χ4v) is 4.11. The Balaban J connectivity index is 1.48. The second kappa shape index (κ2) is 9.16. The number of furan rings is 1. The number of carbonyl (C=O) groups is 1. The zero-order valence-corrected chi connectivity index (χ0v) is 17.6. The molecule has 1 saturated heterocycles. The summed E-state index contributed by atoms with van der Waals surface area (Å²) in [5.41, 5.74) is 3.42. The van der Waals surface area contributed by atoms with E-state index >= 15 is 0 Å². The van der Waals surface area contributed by atoms with Crippen LogP contribution in [0.25, 0.3) is 0 Å². The van der Waals surface area contributed by atoms with Gasteiger partial charge in [0.2, 0.25) is 0 Å². The number of pyridine rings is 1. The van der Waals surface area contributed by atoms with Crippen molar-refractivity contribution in [3.63, 3.8) is 0 Å². The van der Waals surface area contributed by atoms with Crippen molar-refractivity contribution in [2.45, 2.75) is 52.2 Å². The summed E-state index contributed by atoms with van der Waals surface area (Å²) in [6, 6.07) is 13.7. The second-order valence-electron chi connectivity index (χ2n) is 7.97. The maximum Gasteiger partial charge on any atom is 0.290 e. The summed E-state index contributed by atoms with van der Waals surface area (Å²) in [5, 5.41) is 0. The first-order valence-electron chi connectivity index (χ1n) is 10.6. The molecule has 5 nitrogen and oxygen atoms in total. The van der Waals surface area contributed by atoms with Gasteiger partial charge in [0.05, 0.1) is 6.04 Å². The molecule has 0 aliphatic carbocycles. The molecule has 2 aromatic heterocycles. The normalized spacial score (nSPS) is 16.9. The van der Waals surface area contributed by atoms with E-state index in [-0.39, 0.29) is 11.9 Å². The smallest absolute Gasteiger partial charge is 0.290 e. The number of aryl methyl sites for hydroxylation is 2. The minimum Gasteiger partial charge on any atom is -0.485 e. The van der Waals surface area contributed by atoms with Crippen LogP contribution in [0.3, 0.4) is 0 Å². The lowest BCUT2D eigenvalue weighted by molar-refractivity contribution is 0.0644. The summed E-state index contributed by atoms with van der Waals surface area (Å²) in [7, 11) is 0. The van der Waals surface area contributed by atoms with Gasteiger partial charge in [0.1, 0.15) is 18.1 Å². The molecule has 1 aliphatic rings. The van der Waals surface area contributed by atoms with Gasteiger partial charge in [0.15, 0.2) is 5.76 Å². The van der Waals surface area contributed by atoms with Gasteiger partial charge in [-0.05, 0) is 68.1 Å². The van der Waals surface area contributed by atoms with Crippen LogP contribution in [0.2, 0.25) is 0 Å². The third kappa shape index (κ3) is 4.56. The molecular weight excluding hydrogens is 376 g/mol. The summed E-state index contributed by atoms with van der Waals surface area (Å²) in [6.45, 7) is 5.12.